The maximum atomic E-state index is 12.8. The first-order chi connectivity index (χ1) is 13.4. The van der Waals surface area contributed by atoms with Crippen LogP contribution in [0, 0.1) is 0 Å². The maximum absolute atomic E-state index is 12.8. The lowest BCUT2D eigenvalue weighted by Crippen LogP contribution is -2.39. The molecule has 0 aliphatic carbocycles. The van der Waals surface area contributed by atoms with Crippen LogP contribution < -0.4 is 9.47 Å². The molecule has 5 amide bonds. The van der Waals surface area contributed by atoms with Gasteiger partial charge >= 0.3 is 6.03 Å². The van der Waals surface area contributed by atoms with Crippen LogP contribution in [0.1, 0.15) is 45.1 Å². The number of hydrogen-bond donors (Lipinski definition) is 0. The summed E-state index contributed by atoms with van der Waals surface area (Å²) in [5, 5.41) is 0. The molecule has 1 heterocycles. The van der Waals surface area contributed by atoms with E-state index in [2.05, 4.69) is 0 Å². The number of amides is 5. The molecule has 0 atom stereocenters. The number of rotatable bonds is 7. The standard InChI is InChI=1S/C20H24N2O6/c1-5-7-17(23)21-14(19(25)22(20(21)26)18(24)8-6-2)11-13-9-10-15(27-3)16(12-13)28-4/h9-12H,5-8H2,1-4H3/b14-11-. The minimum atomic E-state index is -0.923. The molecule has 0 saturated carbocycles. The van der Waals surface area contributed by atoms with E-state index in [9.17, 15) is 19.2 Å². The zero-order valence-corrected chi connectivity index (χ0v) is 16.5. The summed E-state index contributed by atoms with van der Waals surface area (Å²) in [5.41, 5.74) is 0.369. The van der Waals surface area contributed by atoms with E-state index in [-0.39, 0.29) is 18.5 Å². The second-order valence-corrected chi connectivity index (χ2v) is 6.19. The van der Waals surface area contributed by atoms with Gasteiger partial charge in [-0.3, -0.25) is 14.4 Å². The monoisotopic (exact) mass is 388 g/mol. The Balaban J connectivity index is 2.52. The maximum Gasteiger partial charge on any atom is 0.345 e. The van der Waals surface area contributed by atoms with Gasteiger partial charge in [-0.05, 0) is 36.6 Å². The first-order valence-corrected chi connectivity index (χ1v) is 9.07. The zero-order valence-electron chi connectivity index (χ0n) is 16.5. The smallest absolute Gasteiger partial charge is 0.345 e. The quantitative estimate of drug-likeness (QED) is 0.527. The second-order valence-electron chi connectivity index (χ2n) is 6.19. The molecule has 0 spiro atoms. The number of benzene rings is 1. The topological polar surface area (TPSA) is 93.2 Å². The van der Waals surface area contributed by atoms with E-state index in [1.807, 2.05) is 0 Å². The van der Waals surface area contributed by atoms with Crippen LogP contribution in [-0.4, -0.2) is 47.8 Å². The normalized spacial score (nSPS) is 15.4. The summed E-state index contributed by atoms with van der Waals surface area (Å²) in [4.78, 5) is 51.5. The van der Waals surface area contributed by atoms with Gasteiger partial charge in [0.2, 0.25) is 11.8 Å². The van der Waals surface area contributed by atoms with E-state index >= 15 is 0 Å². The third-order valence-electron chi connectivity index (χ3n) is 4.18. The minimum absolute atomic E-state index is 0.0386. The van der Waals surface area contributed by atoms with Crippen LogP contribution in [0.15, 0.2) is 23.9 Å². The molecule has 8 heteroatoms. The second kappa shape index (κ2) is 9.16. The van der Waals surface area contributed by atoms with Crippen LogP contribution >= 0.6 is 0 Å². The van der Waals surface area contributed by atoms with Crippen molar-refractivity contribution in [3.8, 4) is 11.5 Å². The number of ether oxygens (including phenoxy) is 2. The molecule has 8 nitrogen and oxygen atoms in total. The van der Waals surface area contributed by atoms with Crippen LogP contribution in [0.4, 0.5) is 4.79 Å². The Morgan fingerprint density at radius 1 is 0.929 bits per heavy atom. The fraction of sp³-hybridized carbons (Fsp3) is 0.400. The van der Waals surface area contributed by atoms with Crippen molar-refractivity contribution in [2.75, 3.05) is 14.2 Å². The summed E-state index contributed by atoms with van der Waals surface area (Å²) in [6.07, 6.45) is 2.50. The summed E-state index contributed by atoms with van der Waals surface area (Å²) in [6.45, 7) is 3.56. The van der Waals surface area contributed by atoms with Gasteiger partial charge in [-0.15, -0.1) is 0 Å². The average Bonchev–Trinajstić information content (AvgIpc) is 2.91. The van der Waals surface area contributed by atoms with E-state index in [1.54, 1.807) is 32.0 Å². The molecule has 1 aliphatic heterocycles. The van der Waals surface area contributed by atoms with Crippen molar-refractivity contribution in [2.45, 2.75) is 39.5 Å². The van der Waals surface area contributed by atoms with E-state index < -0.39 is 23.8 Å². The van der Waals surface area contributed by atoms with Gasteiger partial charge in [-0.1, -0.05) is 19.9 Å². The van der Waals surface area contributed by atoms with Crippen LogP contribution in [0.5, 0.6) is 11.5 Å². The van der Waals surface area contributed by atoms with E-state index in [1.165, 1.54) is 20.3 Å². The van der Waals surface area contributed by atoms with Gasteiger partial charge in [-0.2, -0.15) is 4.90 Å². The van der Waals surface area contributed by atoms with Crippen LogP contribution in [0.25, 0.3) is 6.08 Å². The first kappa shape index (κ1) is 21.1. The molecule has 0 N–H and O–H groups in total. The fourth-order valence-corrected chi connectivity index (χ4v) is 2.84. The minimum Gasteiger partial charge on any atom is -0.493 e. The first-order valence-electron chi connectivity index (χ1n) is 9.07. The number of hydrogen-bond acceptors (Lipinski definition) is 6. The Hall–Kier alpha value is -3.16. The highest BCUT2D eigenvalue weighted by atomic mass is 16.5. The molecule has 1 fully saturated rings. The van der Waals surface area contributed by atoms with E-state index in [0.29, 0.717) is 34.8 Å². The van der Waals surface area contributed by atoms with Gasteiger partial charge in [0.25, 0.3) is 5.91 Å². The van der Waals surface area contributed by atoms with Crippen molar-refractivity contribution in [1.29, 1.82) is 0 Å². The van der Waals surface area contributed by atoms with E-state index in [4.69, 9.17) is 9.47 Å². The van der Waals surface area contributed by atoms with Crippen molar-refractivity contribution in [1.82, 2.24) is 9.80 Å². The predicted octanol–water partition coefficient (Wildman–Crippen LogP) is 2.96. The third kappa shape index (κ3) is 4.05. The summed E-state index contributed by atoms with van der Waals surface area (Å²) >= 11 is 0. The number of carbonyl (C=O) groups excluding carboxylic acids is 4. The average molecular weight is 388 g/mol. The molecule has 0 radical (unpaired) electrons. The Morgan fingerprint density at radius 3 is 2.04 bits per heavy atom. The van der Waals surface area contributed by atoms with Crippen LogP contribution in [0.2, 0.25) is 0 Å². The molecule has 2 rings (SSSR count). The summed E-state index contributed by atoms with van der Waals surface area (Å²) < 4.78 is 10.4. The van der Waals surface area contributed by atoms with Crippen molar-refractivity contribution in [2.24, 2.45) is 0 Å². The Kier molecular flexibility index (Phi) is 6.92. The zero-order chi connectivity index (χ0) is 20.8. The highest BCUT2D eigenvalue weighted by Gasteiger charge is 2.47. The molecule has 28 heavy (non-hydrogen) atoms. The summed E-state index contributed by atoms with van der Waals surface area (Å²) in [5.74, 6) is -1.03. The Bertz CT molecular complexity index is 830. The highest BCUT2D eigenvalue weighted by molar-refractivity contribution is 6.27. The molecule has 150 valence electrons. The number of nitrogens with zero attached hydrogens (tertiary/aromatic N) is 2. The molecular formula is C20H24N2O6. The van der Waals surface area contributed by atoms with Gasteiger partial charge in [0, 0.05) is 12.8 Å². The molecular weight excluding hydrogens is 364 g/mol. The Labute approximate surface area is 163 Å². The largest absolute Gasteiger partial charge is 0.493 e. The molecule has 1 saturated heterocycles. The van der Waals surface area contributed by atoms with Gasteiger partial charge in [0.05, 0.1) is 14.2 Å². The van der Waals surface area contributed by atoms with Gasteiger partial charge in [0.1, 0.15) is 5.70 Å². The lowest BCUT2D eigenvalue weighted by Gasteiger charge is -2.14. The highest BCUT2D eigenvalue weighted by Crippen LogP contribution is 2.31. The number of imide groups is 4. The lowest BCUT2D eigenvalue weighted by atomic mass is 10.1. The van der Waals surface area contributed by atoms with Crippen LogP contribution in [-0.2, 0) is 14.4 Å². The number of urea groups is 1. The molecule has 0 aromatic heterocycles. The molecule has 1 aromatic rings. The van der Waals surface area contributed by atoms with Crippen LogP contribution in [0.3, 0.4) is 0 Å². The summed E-state index contributed by atoms with van der Waals surface area (Å²) in [6, 6.07) is 3.99. The third-order valence-corrected chi connectivity index (χ3v) is 4.18. The van der Waals surface area contributed by atoms with Gasteiger partial charge in [0.15, 0.2) is 11.5 Å². The number of methoxy groups -OCH3 is 2. The summed E-state index contributed by atoms with van der Waals surface area (Å²) in [7, 11) is 2.97. The number of carbonyl (C=O) groups is 4. The molecule has 0 bridgehead atoms. The van der Waals surface area contributed by atoms with Crippen molar-refractivity contribution >= 4 is 29.8 Å². The van der Waals surface area contributed by atoms with Crippen molar-refractivity contribution in [3.63, 3.8) is 0 Å². The SMILES string of the molecule is CCCC(=O)N1C(=O)/C(=C/c2ccc(OC)c(OC)c2)N(C(=O)CCC)C1=O. The van der Waals surface area contributed by atoms with Crippen molar-refractivity contribution < 1.29 is 28.7 Å². The van der Waals surface area contributed by atoms with E-state index in [0.717, 1.165) is 4.90 Å². The fourth-order valence-electron chi connectivity index (χ4n) is 2.84. The molecule has 1 aromatic carbocycles. The van der Waals surface area contributed by atoms with Gasteiger partial charge in [-0.25, -0.2) is 9.69 Å². The molecule has 1 aliphatic rings. The predicted molar refractivity (Wildman–Crippen MR) is 101 cm³/mol. The van der Waals surface area contributed by atoms with Gasteiger partial charge < -0.3 is 9.47 Å². The molecule has 0 unspecified atom stereocenters. The lowest BCUT2D eigenvalue weighted by molar-refractivity contribution is -0.137. The van der Waals surface area contributed by atoms with Crippen molar-refractivity contribution in [3.05, 3.63) is 29.5 Å². The Morgan fingerprint density at radius 2 is 1.50 bits per heavy atom.